The summed E-state index contributed by atoms with van der Waals surface area (Å²) in [4.78, 5) is 0. The van der Waals surface area contributed by atoms with Crippen molar-refractivity contribution in [2.75, 3.05) is 14.2 Å². The van der Waals surface area contributed by atoms with Crippen LogP contribution in [0.25, 0.3) is 0 Å². The molecule has 0 N–H and O–H groups in total. The first-order valence-corrected chi connectivity index (χ1v) is 6.17. The molecule has 0 saturated heterocycles. The van der Waals surface area contributed by atoms with Crippen LogP contribution in [0.3, 0.4) is 0 Å². The number of hydrogen-bond acceptors (Lipinski definition) is 2. The fraction of sp³-hybridized carbons (Fsp3) is 0.600. The number of rotatable bonds is 3. The predicted molar refractivity (Wildman–Crippen MR) is 69.9 cm³/mol. The van der Waals surface area contributed by atoms with E-state index < -0.39 is 0 Å². The lowest BCUT2D eigenvalue weighted by Gasteiger charge is -2.31. The summed E-state index contributed by atoms with van der Waals surface area (Å²) in [5.74, 6) is 1.64. The van der Waals surface area contributed by atoms with Gasteiger partial charge in [0.1, 0.15) is 0 Å². The third kappa shape index (κ3) is 1.90. The van der Waals surface area contributed by atoms with Crippen LogP contribution in [0.4, 0.5) is 0 Å². The van der Waals surface area contributed by atoms with E-state index in [0.29, 0.717) is 10.8 Å². The van der Waals surface area contributed by atoms with Crippen LogP contribution in [-0.4, -0.2) is 14.2 Å². The van der Waals surface area contributed by atoms with Gasteiger partial charge in [0.05, 0.1) is 14.2 Å². The molecule has 1 aromatic rings. The molecule has 17 heavy (non-hydrogen) atoms. The summed E-state index contributed by atoms with van der Waals surface area (Å²) < 4.78 is 10.7. The van der Waals surface area contributed by atoms with E-state index in [-0.39, 0.29) is 0 Å². The lowest BCUT2D eigenvalue weighted by Crippen LogP contribution is -2.26. The van der Waals surface area contributed by atoms with E-state index >= 15 is 0 Å². The molecule has 0 unspecified atom stereocenters. The van der Waals surface area contributed by atoms with Crippen molar-refractivity contribution in [2.45, 2.75) is 39.0 Å². The summed E-state index contributed by atoms with van der Waals surface area (Å²) in [6, 6.07) is 6.33. The molecule has 0 radical (unpaired) electrons. The van der Waals surface area contributed by atoms with Gasteiger partial charge in [0.25, 0.3) is 0 Å². The second-order valence-corrected chi connectivity index (χ2v) is 5.90. The Morgan fingerprint density at radius 1 is 1.00 bits per heavy atom. The highest BCUT2D eigenvalue weighted by molar-refractivity contribution is 5.47. The molecule has 1 aromatic carbocycles. The average Bonchev–Trinajstić information content (AvgIpc) is 3.08. The van der Waals surface area contributed by atoms with Gasteiger partial charge < -0.3 is 9.47 Å². The van der Waals surface area contributed by atoms with E-state index in [1.165, 1.54) is 18.4 Å². The Labute approximate surface area is 104 Å². The normalized spacial score (nSPS) is 17.7. The van der Waals surface area contributed by atoms with Crippen LogP contribution in [0.15, 0.2) is 18.2 Å². The van der Waals surface area contributed by atoms with Gasteiger partial charge in [-0.3, -0.25) is 0 Å². The van der Waals surface area contributed by atoms with Crippen LogP contribution in [-0.2, 0) is 5.41 Å². The molecule has 1 aliphatic carbocycles. The molecule has 2 rings (SSSR count). The Morgan fingerprint density at radius 2 is 1.59 bits per heavy atom. The Balaban J connectivity index is 2.41. The molecular formula is C15H22O2. The fourth-order valence-electron chi connectivity index (χ4n) is 2.73. The topological polar surface area (TPSA) is 18.5 Å². The average molecular weight is 234 g/mol. The Bertz CT molecular complexity index is 411. The largest absolute Gasteiger partial charge is 0.493 e. The summed E-state index contributed by atoms with van der Waals surface area (Å²) in [5, 5.41) is 0. The van der Waals surface area contributed by atoms with Crippen LogP contribution in [0, 0.1) is 5.41 Å². The van der Waals surface area contributed by atoms with Gasteiger partial charge in [-0.05, 0) is 36.0 Å². The first kappa shape index (κ1) is 12.3. The van der Waals surface area contributed by atoms with Crippen molar-refractivity contribution >= 4 is 0 Å². The summed E-state index contributed by atoms with van der Waals surface area (Å²) >= 11 is 0. The number of hydrogen-bond donors (Lipinski definition) is 0. The van der Waals surface area contributed by atoms with Crippen LogP contribution < -0.4 is 9.47 Å². The molecule has 0 aliphatic heterocycles. The van der Waals surface area contributed by atoms with Crippen molar-refractivity contribution < 1.29 is 9.47 Å². The van der Waals surface area contributed by atoms with Crippen LogP contribution in [0.1, 0.15) is 39.2 Å². The first-order chi connectivity index (χ1) is 7.94. The summed E-state index contributed by atoms with van der Waals surface area (Å²) in [5.41, 5.74) is 2.00. The molecule has 0 heterocycles. The smallest absolute Gasteiger partial charge is 0.161 e. The standard InChI is InChI=1S/C15H22O2/c1-14(2,3)15(8-9-15)11-6-7-12(16-4)13(10-11)17-5/h6-7,10H,8-9H2,1-5H3. The Hall–Kier alpha value is -1.18. The maximum absolute atomic E-state index is 5.39. The van der Waals surface area contributed by atoms with Gasteiger partial charge in [0, 0.05) is 5.41 Å². The van der Waals surface area contributed by atoms with Crippen LogP contribution >= 0.6 is 0 Å². The lowest BCUT2D eigenvalue weighted by atomic mass is 9.73. The summed E-state index contributed by atoms with van der Waals surface area (Å²) in [6.45, 7) is 6.95. The van der Waals surface area contributed by atoms with Gasteiger partial charge in [-0.1, -0.05) is 26.8 Å². The quantitative estimate of drug-likeness (QED) is 0.792. The zero-order valence-electron chi connectivity index (χ0n) is 11.5. The van der Waals surface area contributed by atoms with Gasteiger partial charge in [0.15, 0.2) is 11.5 Å². The lowest BCUT2D eigenvalue weighted by molar-refractivity contribution is 0.296. The molecule has 0 spiro atoms. The van der Waals surface area contributed by atoms with Crippen LogP contribution in [0.2, 0.25) is 0 Å². The maximum atomic E-state index is 5.39. The minimum absolute atomic E-state index is 0.298. The molecule has 0 amide bonds. The van der Waals surface area contributed by atoms with Crippen molar-refractivity contribution in [3.05, 3.63) is 23.8 Å². The molecule has 2 nitrogen and oxygen atoms in total. The summed E-state index contributed by atoms with van der Waals surface area (Å²) in [7, 11) is 3.37. The Kier molecular flexibility index (Phi) is 2.84. The predicted octanol–water partition coefficient (Wildman–Crippen LogP) is 3.78. The third-order valence-corrected chi connectivity index (χ3v) is 4.12. The van der Waals surface area contributed by atoms with Gasteiger partial charge >= 0.3 is 0 Å². The second-order valence-electron chi connectivity index (χ2n) is 5.90. The summed E-state index contributed by atoms with van der Waals surface area (Å²) in [6.07, 6.45) is 2.54. The van der Waals surface area contributed by atoms with E-state index in [0.717, 1.165) is 11.5 Å². The van der Waals surface area contributed by atoms with Crippen molar-refractivity contribution in [3.8, 4) is 11.5 Å². The van der Waals surface area contributed by atoms with Gasteiger partial charge in [0.2, 0.25) is 0 Å². The maximum Gasteiger partial charge on any atom is 0.161 e. The zero-order valence-corrected chi connectivity index (χ0v) is 11.5. The monoisotopic (exact) mass is 234 g/mol. The molecule has 0 aromatic heterocycles. The molecule has 0 atom stereocenters. The number of ether oxygens (including phenoxy) is 2. The molecule has 94 valence electrons. The first-order valence-electron chi connectivity index (χ1n) is 6.17. The van der Waals surface area contributed by atoms with E-state index in [1.807, 2.05) is 6.07 Å². The van der Waals surface area contributed by atoms with E-state index in [9.17, 15) is 0 Å². The highest BCUT2D eigenvalue weighted by atomic mass is 16.5. The molecular weight excluding hydrogens is 212 g/mol. The van der Waals surface area contributed by atoms with Crippen LogP contribution in [0.5, 0.6) is 11.5 Å². The highest BCUT2D eigenvalue weighted by Crippen LogP contribution is 2.60. The minimum atomic E-state index is 0.298. The number of methoxy groups -OCH3 is 2. The van der Waals surface area contributed by atoms with Gasteiger partial charge in [-0.15, -0.1) is 0 Å². The molecule has 1 fully saturated rings. The molecule has 1 saturated carbocycles. The molecule has 1 aliphatic rings. The highest BCUT2D eigenvalue weighted by Gasteiger charge is 2.53. The minimum Gasteiger partial charge on any atom is -0.493 e. The van der Waals surface area contributed by atoms with Crippen molar-refractivity contribution in [2.24, 2.45) is 5.41 Å². The molecule has 2 heteroatoms. The SMILES string of the molecule is COc1ccc(C2(C(C)(C)C)CC2)cc1OC. The molecule has 0 bridgehead atoms. The third-order valence-electron chi connectivity index (χ3n) is 4.12. The van der Waals surface area contributed by atoms with Crippen molar-refractivity contribution in [3.63, 3.8) is 0 Å². The second kappa shape index (κ2) is 3.94. The van der Waals surface area contributed by atoms with E-state index in [1.54, 1.807) is 14.2 Å². The fourth-order valence-corrected chi connectivity index (χ4v) is 2.73. The van der Waals surface area contributed by atoms with E-state index in [2.05, 4.69) is 32.9 Å². The van der Waals surface area contributed by atoms with Gasteiger partial charge in [-0.25, -0.2) is 0 Å². The van der Waals surface area contributed by atoms with Crippen molar-refractivity contribution in [1.82, 2.24) is 0 Å². The Morgan fingerprint density at radius 3 is 2.00 bits per heavy atom. The number of benzene rings is 1. The van der Waals surface area contributed by atoms with Gasteiger partial charge in [-0.2, -0.15) is 0 Å². The van der Waals surface area contributed by atoms with Crippen molar-refractivity contribution in [1.29, 1.82) is 0 Å². The zero-order chi connectivity index (χ0) is 12.7. The van der Waals surface area contributed by atoms with E-state index in [4.69, 9.17) is 9.47 Å².